The van der Waals surface area contributed by atoms with Gasteiger partial charge in [0.25, 0.3) is 0 Å². The summed E-state index contributed by atoms with van der Waals surface area (Å²) < 4.78 is 4.87. The van der Waals surface area contributed by atoms with Crippen molar-refractivity contribution in [1.82, 2.24) is 0 Å². The van der Waals surface area contributed by atoms with Crippen molar-refractivity contribution in [2.45, 2.75) is 27.7 Å². The van der Waals surface area contributed by atoms with Gasteiger partial charge >= 0.3 is 7.32 Å². The lowest BCUT2D eigenvalue weighted by Crippen LogP contribution is -2.38. The van der Waals surface area contributed by atoms with E-state index in [0.29, 0.717) is 5.75 Å². The predicted octanol–water partition coefficient (Wildman–Crippen LogP) is 5.57. The van der Waals surface area contributed by atoms with Gasteiger partial charge in [0.05, 0.1) is 0 Å². The van der Waals surface area contributed by atoms with Gasteiger partial charge in [-0.15, -0.1) is 0 Å². The van der Waals surface area contributed by atoms with Crippen molar-refractivity contribution in [3.8, 4) is 5.75 Å². The van der Waals surface area contributed by atoms with Crippen LogP contribution in [0.1, 0.15) is 22.3 Å². The second-order valence-corrected chi connectivity index (χ2v) is 12.9. The highest BCUT2D eigenvalue weighted by molar-refractivity contribution is 8.01. The van der Waals surface area contributed by atoms with Crippen LogP contribution in [0.15, 0.2) is 127 Å². The summed E-state index contributed by atoms with van der Waals surface area (Å²) in [7, 11) is -3.66. The van der Waals surface area contributed by atoms with Crippen molar-refractivity contribution in [3.05, 3.63) is 150 Å². The highest BCUT2D eigenvalue weighted by atomic mass is 31.2. The van der Waals surface area contributed by atoms with Crippen LogP contribution in [-0.2, 0) is 0 Å². The molecular weight excluding hydrogens is 498 g/mol. The minimum Gasteiger partial charge on any atom is -0.512 e. The molecule has 5 heteroatoms. The van der Waals surface area contributed by atoms with Crippen molar-refractivity contribution >= 4 is 35.8 Å². The zero-order valence-electron chi connectivity index (χ0n) is 23.0. The van der Waals surface area contributed by atoms with E-state index in [1.807, 2.05) is 33.8 Å². The molecule has 0 radical (unpaired) electrons. The summed E-state index contributed by atoms with van der Waals surface area (Å²) in [4.78, 5) is 0. The lowest BCUT2D eigenvalue weighted by atomic mass is 9.98. The summed E-state index contributed by atoms with van der Waals surface area (Å²) in [6.07, 6.45) is 0. The maximum absolute atomic E-state index is 8.71. The summed E-state index contributed by atoms with van der Waals surface area (Å²) >= 11 is 0. The number of aryl methyl sites for hydroxylation is 1. The van der Waals surface area contributed by atoms with Gasteiger partial charge in [0.1, 0.15) is 34.2 Å². The average Bonchev–Trinajstić information content (AvgIpc) is 2.98. The molecule has 2 N–H and O–H groups in total. The van der Waals surface area contributed by atoms with Crippen molar-refractivity contribution < 1.29 is 14.7 Å². The lowest BCUT2D eigenvalue weighted by molar-refractivity contribution is 0.287. The second kappa shape index (κ2) is 12.9. The van der Waals surface area contributed by atoms with Gasteiger partial charge in [-0.05, 0) is 105 Å². The first-order valence-corrected chi connectivity index (χ1v) is 14.9. The van der Waals surface area contributed by atoms with Crippen LogP contribution < -0.4 is 25.9 Å². The first-order chi connectivity index (χ1) is 18.9. The van der Waals surface area contributed by atoms with Crippen LogP contribution in [0.3, 0.4) is 0 Å². The zero-order valence-corrected chi connectivity index (χ0v) is 23.8. The van der Waals surface area contributed by atoms with E-state index in [-0.39, 0.29) is 0 Å². The first kappa shape index (κ1) is 28.3. The van der Waals surface area contributed by atoms with Crippen molar-refractivity contribution in [3.63, 3.8) is 0 Å². The quantitative estimate of drug-likeness (QED) is 0.222. The lowest BCUT2D eigenvalue weighted by Gasteiger charge is -2.27. The molecule has 0 saturated carbocycles. The molecule has 0 amide bonds. The van der Waals surface area contributed by atoms with Gasteiger partial charge in [0, 0.05) is 0 Å². The molecule has 0 bridgehead atoms. The molecule has 5 aromatic rings. The summed E-state index contributed by atoms with van der Waals surface area (Å²) in [5.74, 6) is 0.528. The Hall–Kier alpha value is -3.69. The van der Waals surface area contributed by atoms with E-state index in [1.165, 1.54) is 26.8 Å². The maximum atomic E-state index is 8.71. The normalized spacial score (nSPS) is 10.8. The topological polar surface area (TPSA) is 49.7 Å². The molecule has 0 heterocycles. The van der Waals surface area contributed by atoms with Gasteiger partial charge < -0.3 is 14.7 Å². The minimum absolute atomic E-state index is 0.528. The summed E-state index contributed by atoms with van der Waals surface area (Å²) in [5.41, 5.74) is 4.37. The number of hydrogen-bond donors (Lipinski definition) is 2. The molecule has 0 aromatic heterocycles. The van der Waals surface area contributed by atoms with Crippen LogP contribution in [0.2, 0.25) is 0 Å². The van der Waals surface area contributed by atoms with E-state index in [2.05, 4.69) is 121 Å². The Morgan fingerprint density at radius 3 is 1.13 bits per heavy atom. The highest BCUT2D eigenvalue weighted by Gasteiger charge is 2.47. The number of benzene rings is 5. The summed E-state index contributed by atoms with van der Waals surface area (Å²) in [6.45, 7) is 7.91. The van der Waals surface area contributed by atoms with E-state index < -0.39 is 14.6 Å². The molecule has 0 atom stereocenters. The van der Waals surface area contributed by atoms with E-state index >= 15 is 0 Å². The van der Waals surface area contributed by atoms with E-state index in [4.69, 9.17) is 14.7 Å². The molecule has 0 aliphatic heterocycles. The monoisotopic (exact) mass is 533 g/mol. The van der Waals surface area contributed by atoms with Crippen molar-refractivity contribution in [2.75, 3.05) is 0 Å². The van der Waals surface area contributed by atoms with Gasteiger partial charge in [0.2, 0.25) is 0 Å². The molecule has 39 heavy (non-hydrogen) atoms. The molecule has 5 rings (SSSR count). The Bertz CT molecular complexity index is 1310. The molecule has 0 unspecified atom stereocenters. The van der Waals surface area contributed by atoms with Crippen LogP contribution in [0.5, 0.6) is 5.75 Å². The molecule has 3 nitrogen and oxygen atoms in total. The molecule has 5 aromatic carbocycles. The Balaban J connectivity index is 0.000000215. The van der Waals surface area contributed by atoms with Crippen LogP contribution in [0.4, 0.5) is 0 Å². The number of rotatable bonds is 6. The second-order valence-electron chi connectivity index (χ2n) is 9.52. The predicted molar refractivity (Wildman–Crippen MR) is 167 cm³/mol. The van der Waals surface area contributed by atoms with Gasteiger partial charge in [-0.1, -0.05) is 72.8 Å². The molecule has 0 saturated heterocycles. The minimum atomic E-state index is -1.91. The summed E-state index contributed by atoms with van der Waals surface area (Å²) in [6, 6.07) is 45.6. The van der Waals surface area contributed by atoms with Gasteiger partial charge in [-0.3, -0.25) is 0 Å². The molecule has 0 aliphatic rings. The Labute approximate surface area is 233 Å². The van der Waals surface area contributed by atoms with Crippen LogP contribution in [0, 0.1) is 27.7 Å². The van der Waals surface area contributed by atoms with Crippen molar-refractivity contribution in [1.29, 1.82) is 0 Å². The third kappa shape index (κ3) is 6.15. The third-order valence-corrected chi connectivity index (χ3v) is 11.5. The molecular formula is C34H35BO3P+. The van der Waals surface area contributed by atoms with Crippen LogP contribution in [-0.4, -0.2) is 17.4 Å². The fraction of sp³-hybridized carbons (Fsp3) is 0.118. The number of hydrogen-bond acceptors (Lipinski definition) is 3. The fourth-order valence-electron chi connectivity index (χ4n) is 4.91. The molecule has 0 spiro atoms. The Kier molecular flexibility index (Phi) is 9.38. The SMILES string of the molecule is Cc1cc(OB(O)O)c(C)c(C)c1C.c1ccc([P+](c2ccccc2)(c2ccccc2)c2ccccc2)cc1. The molecule has 0 fully saturated rings. The average molecular weight is 533 g/mol. The third-order valence-electron chi connectivity index (χ3n) is 7.24. The standard InChI is InChI=1S/C24H20P.C10H15BO3/c1-5-13-21(14-6-1)25(22-15-7-2-8-16-22,23-17-9-3-10-18-23)24-19-11-4-12-20-24;1-6-5-10(14-11(12)13)9(4)8(3)7(6)2/h1-20H;5,12-13H,1-4H3/q+1;. The fourth-order valence-corrected chi connectivity index (χ4v) is 9.18. The maximum Gasteiger partial charge on any atom is 0.707 e. The molecule has 0 aliphatic carbocycles. The zero-order chi connectivity index (χ0) is 27.8. The van der Waals surface area contributed by atoms with Gasteiger partial charge in [-0.25, -0.2) is 0 Å². The smallest absolute Gasteiger partial charge is 0.512 e. The molecule has 196 valence electrons. The van der Waals surface area contributed by atoms with E-state index in [1.54, 1.807) is 0 Å². The van der Waals surface area contributed by atoms with Crippen LogP contribution >= 0.6 is 7.26 Å². The van der Waals surface area contributed by atoms with Gasteiger partial charge in [-0.2, -0.15) is 0 Å². The van der Waals surface area contributed by atoms with Crippen molar-refractivity contribution in [2.24, 2.45) is 0 Å². The Morgan fingerprint density at radius 1 is 0.487 bits per heavy atom. The summed E-state index contributed by atoms with van der Waals surface area (Å²) in [5, 5.41) is 23.0. The Morgan fingerprint density at radius 2 is 0.821 bits per heavy atom. The van der Waals surface area contributed by atoms with Gasteiger partial charge in [0.15, 0.2) is 0 Å². The van der Waals surface area contributed by atoms with E-state index in [9.17, 15) is 0 Å². The van der Waals surface area contributed by atoms with Crippen LogP contribution in [0.25, 0.3) is 0 Å². The largest absolute Gasteiger partial charge is 0.707 e. The highest BCUT2D eigenvalue weighted by Crippen LogP contribution is 2.53. The first-order valence-electron chi connectivity index (χ1n) is 13.1. The van der Waals surface area contributed by atoms with E-state index in [0.717, 1.165) is 16.7 Å².